The van der Waals surface area contributed by atoms with Gasteiger partial charge in [0.2, 0.25) is 0 Å². The van der Waals surface area contributed by atoms with E-state index in [9.17, 15) is 9.59 Å². The average molecular weight is 292 g/mol. The molecule has 0 aliphatic heterocycles. The normalized spacial score (nSPS) is 12.0. The monoisotopic (exact) mass is 292 g/mol. The van der Waals surface area contributed by atoms with Crippen LogP contribution in [0.5, 0.6) is 0 Å². The number of hydrogen-bond acceptors (Lipinski definition) is 3. The third-order valence-electron chi connectivity index (χ3n) is 3.77. The van der Waals surface area contributed by atoms with Gasteiger partial charge in [0.15, 0.2) is 12.4 Å². The Morgan fingerprint density at radius 3 is 2.68 bits per heavy atom. The molecule has 0 heterocycles. The molecule has 3 nitrogen and oxygen atoms in total. The number of fused-ring (bicyclic) bond motifs is 3. The Hall–Kier alpha value is -2.68. The Morgan fingerprint density at radius 2 is 1.86 bits per heavy atom. The number of rotatable bonds is 4. The minimum absolute atomic E-state index is 0.190. The van der Waals surface area contributed by atoms with Gasteiger partial charge in [-0.25, -0.2) is 4.79 Å². The Morgan fingerprint density at radius 1 is 1.09 bits per heavy atom. The number of Topliss-reactive ketones (excluding diaryl/α,β-unsaturated/α-hetero) is 1. The minimum Gasteiger partial charge on any atom is -0.454 e. The molecule has 2 aromatic carbocycles. The summed E-state index contributed by atoms with van der Waals surface area (Å²) in [7, 11) is 0. The molecular formula is C19H16O3. The Labute approximate surface area is 129 Å². The molecule has 0 bridgehead atoms. The second-order valence-electron chi connectivity index (χ2n) is 5.24. The first-order valence-electron chi connectivity index (χ1n) is 7.23. The third kappa shape index (κ3) is 2.70. The molecule has 0 N–H and O–H groups in total. The number of carbonyl (C=O) groups is 2. The number of benzene rings is 2. The molecule has 110 valence electrons. The Balaban J connectivity index is 1.80. The fourth-order valence-corrected chi connectivity index (χ4v) is 2.70. The second kappa shape index (κ2) is 5.98. The van der Waals surface area contributed by atoms with E-state index in [1.54, 1.807) is 19.1 Å². The molecule has 1 aliphatic rings. The van der Waals surface area contributed by atoms with Crippen molar-refractivity contribution < 1.29 is 14.3 Å². The summed E-state index contributed by atoms with van der Waals surface area (Å²) in [6, 6.07) is 13.9. The van der Waals surface area contributed by atoms with Crippen LogP contribution in [0.1, 0.15) is 28.4 Å². The molecule has 2 aromatic rings. The molecule has 0 unspecified atom stereocenters. The van der Waals surface area contributed by atoms with Crippen LogP contribution in [-0.4, -0.2) is 18.4 Å². The first-order chi connectivity index (χ1) is 10.7. The highest BCUT2D eigenvalue weighted by Crippen LogP contribution is 2.36. The van der Waals surface area contributed by atoms with Crippen LogP contribution in [0.4, 0.5) is 0 Å². The fraction of sp³-hybridized carbons (Fsp3) is 0.158. The molecule has 0 fully saturated rings. The lowest BCUT2D eigenvalue weighted by Gasteiger charge is -2.05. The van der Waals surface area contributed by atoms with Gasteiger partial charge in [-0.15, -0.1) is 0 Å². The van der Waals surface area contributed by atoms with Crippen LogP contribution in [0, 0.1) is 0 Å². The molecule has 3 rings (SSSR count). The van der Waals surface area contributed by atoms with Crippen molar-refractivity contribution in [2.75, 3.05) is 6.61 Å². The molecule has 3 heteroatoms. The molecule has 0 aromatic heterocycles. The van der Waals surface area contributed by atoms with Gasteiger partial charge in [-0.05, 0) is 41.7 Å². The Kier molecular flexibility index (Phi) is 3.88. The molecule has 0 amide bonds. The van der Waals surface area contributed by atoms with Gasteiger partial charge in [-0.1, -0.05) is 42.5 Å². The van der Waals surface area contributed by atoms with Crippen molar-refractivity contribution in [1.29, 1.82) is 0 Å². The summed E-state index contributed by atoms with van der Waals surface area (Å²) in [5.74, 6) is -0.688. The zero-order valence-corrected chi connectivity index (χ0v) is 12.3. The smallest absolute Gasteiger partial charge is 0.330 e. The van der Waals surface area contributed by atoms with Gasteiger partial charge >= 0.3 is 5.97 Å². The molecule has 0 atom stereocenters. The Bertz CT molecular complexity index is 772. The van der Waals surface area contributed by atoms with Crippen molar-refractivity contribution in [3.63, 3.8) is 0 Å². The number of esters is 1. The van der Waals surface area contributed by atoms with Crippen molar-refractivity contribution in [3.05, 3.63) is 71.3 Å². The van der Waals surface area contributed by atoms with Gasteiger partial charge in [0.25, 0.3) is 0 Å². The van der Waals surface area contributed by atoms with Crippen molar-refractivity contribution in [3.8, 4) is 11.1 Å². The van der Waals surface area contributed by atoms with Gasteiger partial charge in [-0.2, -0.15) is 0 Å². The third-order valence-corrected chi connectivity index (χ3v) is 3.77. The highest BCUT2D eigenvalue weighted by atomic mass is 16.5. The van der Waals surface area contributed by atoms with E-state index >= 15 is 0 Å². The highest BCUT2D eigenvalue weighted by molar-refractivity contribution is 6.00. The van der Waals surface area contributed by atoms with Crippen molar-refractivity contribution in [1.82, 2.24) is 0 Å². The summed E-state index contributed by atoms with van der Waals surface area (Å²) >= 11 is 0. The van der Waals surface area contributed by atoms with Crippen LogP contribution >= 0.6 is 0 Å². The summed E-state index contributed by atoms with van der Waals surface area (Å²) in [5, 5.41) is 0. The summed E-state index contributed by atoms with van der Waals surface area (Å²) in [5.41, 5.74) is 5.35. The zero-order chi connectivity index (χ0) is 15.5. The average Bonchev–Trinajstić information content (AvgIpc) is 2.90. The fourth-order valence-electron chi connectivity index (χ4n) is 2.70. The minimum atomic E-state index is -0.498. The summed E-state index contributed by atoms with van der Waals surface area (Å²) in [6.07, 6.45) is 3.78. The van der Waals surface area contributed by atoms with Crippen LogP contribution < -0.4 is 0 Å². The number of ketones is 1. The maximum Gasteiger partial charge on any atom is 0.330 e. The van der Waals surface area contributed by atoms with Gasteiger partial charge in [0.05, 0.1) is 0 Å². The van der Waals surface area contributed by atoms with E-state index in [4.69, 9.17) is 4.74 Å². The second-order valence-corrected chi connectivity index (χ2v) is 5.24. The lowest BCUT2D eigenvalue weighted by atomic mass is 10.0. The SMILES string of the molecule is C/C=C/C(=O)OCC(=O)c1ccc2c(c1)-c1ccccc1C2. The van der Waals surface area contributed by atoms with Crippen LogP contribution in [0.15, 0.2) is 54.6 Å². The van der Waals surface area contributed by atoms with E-state index in [-0.39, 0.29) is 12.4 Å². The van der Waals surface area contributed by atoms with Gasteiger partial charge < -0.3 is 4.74 Å². The summed E-state index contributed by atoms with van der Waals surface area (Å²) in [4.78, 5) is 23.4. The van der Waals surface area contributed by atoms with E-state index < -0.39 is 5.97 Å². The van der Waals surface area contributed by atoms with E-state index in [1.165, 1.54) is 22.8 Å². The zero-order valence-electron chi connectivity index (χ0n) is 12.3. The van der Waals surface area contributed by atoms with Gasteiger partial charge in [-0.3, -0.25) is 4.79 Å². The molecule has 1 aliphatic carbocycles. The lowest BCUT2D eigenvalue weighted by molar-refractivity contribution is -0.136. The van der Waals surface area contributed by atoms with E-state index in [0.717, 1.165) is 12.0 Å². The van der Waals surface area contributed by atoms with Crippen LogP contribution in [-0.2, 0) is 16.0 Å². The first-order valence-corrected chi connectivity index (χ1v) is 7.23. The summed E-state index contributed by atoms with van der Waals surface area (Å²) in [6.45, 7) is 1.49. The van der Waals surface area contributed by atoms with Crippen molar-refractivity contribution in [2.45, 2.75) is 13.3 Å². The largest absolute Gasteiger partial charge is 0.454 e. The predicted molar refractivity (Wildman–Crippen MR) is 84.8 cm³/mol. The number of allylic oxidation sites excluding steroid dienone is 1. The van der Waals surface area contributed by atoms with Crippen molar-refractivity contribution in [2.24, 2.45) is 0 Å². The van der Waals surface area contributed by atoms with Crippen molar-refractivity contribution >= 4 is 11.8 Å². The highest BCUT2D eigenvalue weighted by Gasteiger charge is 2.19. The van der Waals surface area contributed by atoms with Crippen LogP contribution in [0.25, 0.3) is 11.1 Å². The maximum atomic E-state index is 12.2. The number of carbonyl (C=O) groups excluding carboxylic acids is 2. The van der Waals surface area contributed by atoms with Gasteiger partial charge in [0, 0.05) is 11.6 Å². The van der Waals surface area contributed by atoms with E-state index in [2.05, 4.69) is 12.1 Å². The lowest BCUT2D eigenvalue weighted by Crippen LogP contribution is -2.12. The number of ether oxygens (including phenoxy) is 1. The molecule has 0 saturated heterocycles. The van der Waals surface area contributed by atoms with Crippen LogP contribution in [0.2, 0.25) is 0 Å². The van der Waals surface area contributed by atoms with E-state index in [1.807, 2.05) is 24.3 Å². The molecule has 0 spiro atoms. The van der Waals surface area contributed by atoms with E-state index in [0.29, 0.717) is 5.56 Å². The summed E-state index contributed by atoms with van der Waals surface area (Å²) < 4.78 is 4.91. The molecule has 0 radical (unpaired) electrons. The molecule has 0 saturated carbocycles. The topological polar surface area (TPSA) is 43.4 Å². The number of hydrogen-bond donors (Lipinski definition) is 0. The van der Waals surface area contributed by atoms with Gasteiger partial charge in [0.1, 0.15) is 0 Å². The quantitative estimate of drug-likeness (QED) is 0.419. The maximum absolute atomic E-state index is 12.2. The van der Waals surface area contributed by atoms with Crippen LogP contribution in [0.3, 0.4) is 0 Å². The predicted octanol–water partition coefficient (Wildman–Crippen LogP) is 3.56. The molecule has 22 heavy (non-hydrogen) atoms. The standard InChI is InChI=1S/C19H16O3/c1-2-5-19(21)22-12-18(20)15-9-8-14-10-13-6-3-4-7-16(13)17(14)11-15/h2-9,11H,10,12H2,1H3/b5-2+. The molecular weight excluding hydrogens is 276 g/mol. The first kappa shape index (κ1) is 14.3.